The third kappa shape index (κ3) is 4.14. The quantitative estimate of drug-likeness (QED) is 0.827. The average molecular weight is 292 g/mol. The van der Waals surface area contributed by atoms with Crippen LogP contribution < -0.4 is 10.6 Å². The summed E-state index contributed by atoms with van der Waals surface area (Å²) in [5.74, 6) is -0.0742. The Hall–Kier alpha value is -1.21. The van der Waals surface area contributed by atoms with E-state index in [0.29, 0.717) is 0 Å². The number of hydrogen-bond donors (Lipinski definition) is 1. The molecule has 0 atom stereocenters. The van der Waals surface area contributed by atoms with Crippen LogP contribution in [0.2, 0.25) is 0 Å². The lowest BCUT2D eigenvalue weighted by atomic mass is 10.3. The van der Waals surface area contributed by atoms with Crippen LogP contribution in [0.1, 0.15) is 6.92 Å². The maximum atomic E-state index is 12.6. The Balaban J connectivity index is 3.23. The molecule has 0 aliphatic heterocycles. The van der Waals surface area contributed by atoms with Gasteiger partial charge < -0.3 is 10.6 Å². The fourth-order valence-corrected chi connectivity index (χ4v) is 2.88. The van der Waals surface area contributed by atoms with E-state index in [-0.39, 0.29) is 29.4 Å². The van der Waals surface area contributed by atoms with Crippen LogP contribution in [0.15, 0.2) is 29.2 Å². The van der Waals surface area contributed by atoms with Gasteiger partial charge in [0.05, 0.1) is 22.9 Å². The topological polar surface area (TPSA) is 63.4 Å². The molecule has 0 spiro atoms. The minimum absolute atomic E-state index is 0.0742. The number of anilines is 1. The van der Waals surface area contributed by atoms with Gasteiger partial charge in [-0.15, -0.1) is 0 Å². The summed E-state index contributed by atoms with van der Waals surface area (Å²) in [6.45, 7) is 1.34. The van der Waals surface area contributed by atoms with Gasteiger partial charge in [0.2, 0.25) is 0 Å². The molecule has 0 amide bonds. The van der Waals surface area contributed by atoms with Crippen molar-refractivity contribution in [3.8, 4) is 0 Å². The van der Waals surface area contributed by atoms with Gasteiger partial charge >= 0.3 is 0 Å². The van der Waals surface area contributed by atoms with E-state index < -0.39 is 22.8 Å². The van der Waals surface area contributed by atoms with E-state index in [1.54, 1.807) is 12.1 Å². The summed E-state index contributed by atoms with van der Waals surface area (Å²) in [5.41, 5.74) is 5.69. The number of halogens is 2. The van der Waals surface area contributed by atoms with Crippen molar-refractivity contribution in [3.63, 3.8) is 0 Å². The Morgan fingerprint density at radius 3 is 2.47 bits per heavy atom. The summed E-state index contributed by atoms with van der Waals surface area (Å²) in [7, 11) is -3.46. The van der Waals surface area contributed by atoms with Crippen LogP contribution in [0.3, 0.4) is 0 Å². The SMILES string of the molecule is CCS(=O)(=O)c1ccccc1N(CCN)CC(F)F. The van der Waals surface area contributed by atoms with Gasteiger partial charge in [-0.25, -0.2) is 17.2 Å². The number of hydrogen-bond acceptors (Lipinski definition) is 4. The van der Waals surface area contributed by atoms with Crippen molar-refractivity contribution in [2.24, 2.45) is 5.73 Å². The van der Waals surface area contributed by atoms with Crippen LogP contribution in [0, 0.1) is 0 Å². The van der Waals surface area contributed by atoms with Crippen LogP contribution in [0.5, 0.6) is 0 Å². The number of para-hydroxylation sites is 1. The summed E-state index contributed by atoms with van der Waals surface area (Å²) >= 11 is 0. The average Bonchev–Trinajstić information content (AvgIpc) is 2.38. The molecule has 1 aromatic carbocycles. The normalized spacial score (nSPS) is 11.8. The number of benzene rings is 1. The summed E-state index contributed by atoms with van der Waals surface area (Å²) in [6.07, 6.45) is -2.55. The molecule has 0 aliphatic carbocycles. The van der Waals surface area contributed by atoms with Crippen molar-refractivity contribution in [2.45, 2.75) is 18.2 Å². The van der Waals surface area contributed by atoms with Crippen LogP contribution >= 0.6 is 0 Å². The molecule has 0 bridgehead atoms. The number of sulfone groups is 1. The third-order valence-electron chi connectivity index (χ3n) is 2.68. The summed E-state index contributed by atoms with van der Waals surface area (Å²) in [6, 6.07) is 6.16. The van der Waals surface area contributed by atoms with E-state index in [4.69, 9.17) is 5.73 Å². The molecule has 1 aromatic rings. The summed E-state index contributed by atoms with van der Waals surface area (Å²) in [5, 5.41) is 0. The molecule has 0 aromatic heterocycles. The van der Waals surface area contributed by atoms with Gasteiger partial charge in [-0.1, -0.05) is 19.1 Å². The smallest absolute Gasteiger partial charge is 0.255 e. The van der Waals surface area contributed by atoms with Crippen molar-refractivity contribution in [1.82, 2.24) is 0 Å². The molecule has 108 valence electrons. The predicted octanol–water partition coefficient (Wildman–Crippen LogP) is 1.51. The lowest BCUT2D eigenvalue weighted by Crippen LogP contribution is -2.34. The lowest BCUT2D eigenvalue weighted by molar-refractivity contribution is 0.155. The maximum Gasteiger partial charge on any atom is 0.255 e. The number of rotatable bonds is 7. The number of nitrogens with two attached hydrogens (primary N) is 1. The van der Waals surface area contributed by atoms with Crippen LogP contribution in [0.4, 0.5) is 14.5 Å². The maximum absolute atomic E-state index is 12.6. The lowest BCUT2D eigenvalue weighted by Gasteiger charge is -2.26. The zero-order valence-electron chi connectivity index (χ0n) is 10.7. The van der Waals surface area contributed by atoms with Crippen molar-refractivity contribution in [2.75, 3.05) is 30.3 Å². The molecule has 7 heteroatoms. The van der Waals surface area contributed by atoms with Crippen molar-refractivity contribution < 1.29 is 17.2 Å². The highest BCUT2D eigenvalue weighted by molar-refractivity contribution is 7.91. The Labute approximate surface area is 112 Å². The van der Waals surface area contributed by atoms with E-state index in [1.807, 2.05) is 0 Å². The second-order valence-corrected chi connectivity index (χ2v) is 6.24. The summed E-state index contributed by atoms with van der Waals surface area (Å²) < 4.78 is 49.1. The Morgan fingerprint density at radius 2 is 1.95 bits per heavy atom. The Bertz CT molecular complexity index is 506. The molecule has 4 nitrogen and oxygen atoms in total. The zero-order chi connectivity index (χ0) is 14.5. The van der Waals surface area contributed by atoms with E-state index in [1.165, 1.54) is 24.0 Å². The highest BCUT2D eigenvalue weighted by Crippen LogP contribution is 2.26. The first-order valence-electron chi connectivity index (χ1n) is 5.97. The molecule has 0 saturated heterocycles. The van der Waals surface area contributed by atoms with Crippen molar-refractivity contribution >= 4 is 15.5 Å². The molecule has 0 fully saturated rings. The molecule has 1 rings (SSSR count). The monoisotopic (exact) mass is 292 g/mol. The largest absolute Gasteiger partial charge is 0.363 e. The second kappa shape index (κ2) is 6.81. The van der Waals surface area contributed by atoms with Crippen molar-refractivity contribution in [1.29, 1.82) is 0 Å². The second-order valence-electron chi connectivity index (χ2n) is 4.00. The molecule has 0 saturated carbocycles. The molecular formula is C12H18F2N2O2S. The molecule has 0 heterocycles. The predicted molar refractivity (Wildman–Crippen MR) is 71.4 cm³/mol. The highest BCUT2D eigenvalue weighted by Gasteiger charge is 2.21. The standard InChI is InChI=1S/C12H18F2N2O2S/c1-2-19(17,18)11-6-4-3-5-10(11)16(8-7-15)9-12(13)14/h3-6,12H,2,7-9,15H2,1H3. The van der Waals surface area contributed by atoms with Gasteiger partial charge in [0.1, 0.15) is 0 Å². The van der Waals surface area contributed by atoms with Gasteiger partial charge in [0, 0.05) is 13.1 Å². The number of nitrogens with zero attached hydrogens (tertiary/aromatic N) is 1. The molecule has 0 radical (unpaired) electrons. The van der Waals surface area contributed by atoms with Crippen molar-refractivity contribution in [3.05, 3.63) is 24.3 Å². The fourth-order valence-electron chi connectivity index (χ4n) is 1.77. The zero-order valence-corrected chi connectivity index (χ0v) is 11.5. The van der Waals surface area contributed by atoms with E-state index in [2.05, 4.69) is 0 Å². The van der Waals surface area contributed by atoms with Gasteiger partial charge in [0.15, 0.2) is 9.84 Å². The van der Waals surface area contributed by atoms with Gasteiger partial charge in [-0.3, -0.25) is 0 Å². The highest BCUT2D eigenvalue weighted by atomic mass is 32.2. The van der Waals surface area contributed by atoms with Crippen LogP contribution in [-0.4, -0.2) is 40.2 Å². The fraction of sp³-hybridized carbons (Fsp3) is 0.500. The van der Waals surface area contributed by atoms with E-state index in [0.717, 1.165) is 0 Å². The van der Waals surface area contributed by atoms with Crippen LogP contribution in [0.25, 0.3) is 0 Å². The molecule has 0 unspecified atom stereocenters. The Kier molecular flexibility index (Phi) is 5.68. The van der Waals surface area contributed by atoms with Gasteiger partial charge in [-0.2, -0.15) is 0 Å². The minimum Gasteiger partial charge on any atom is -0.363 e. The molecule has 2 N–H and O–H groups in total. The van der Waals surface area contributed by atoms with Gasteiger partial charge in [0.25, 0.3) is 6.43 Å². The van der Waals surface area contributed by atoms with E-state index >= 15 is 0 Å². The van der Waals surface area contributed by atoms with Gasteiger partial charge in [-0.05, 0) is 12.1 Å². The first kappa shape index (κ1) is 15.8. The number of alkyl halides is 2. The third-order valence-corrected chi connectivity index (χ3v) is 4.45. The first-order chi connectivity index (χ1) is 8.92. The van der Waals surface area contributed by atoms with E-state index in [9.17, 15) is 17.2 Å². The Morgan fingerprint density at radius 1 is 1.32 bits per heavy atom. The molecular weight excluding hydrogens is 274 g/mol. The molecule has 0 aliphatic rings. The van der Waals surface area contributed by atoms with Crippen LogP contribution in [-0.2, 0) is 9.84 Å². The molecule has 19 heavy (non-hydrogen) atoms. The minimum atomic E-state index is -3.46. The first-order valence-corrected chi connectivity index (χ1v) is 7.62. The summed E-state index contributed by atoms with van der Waals surface area (Å²) in [4.78, 5) is 1.39.